The number of hydrogen-bond acceptors (Lipinski definition) is 3. The zero-order valence-electron chi connectivity index (χ0n) is 19.9. The molecule has 0 spiro atoms. The van der Waals surface area contributed by atoms with E-state index in [-0.39, 0.29) is 5.41 Å². The Bertz CT molecular complexity index is 1010. The Kier molecular flexibility index (Phi) is 8.95. The Hall–Kier alpha value is -3.20. The summed E-state index contributed by atoms with van der Waals surface area (Å²) in [6, 6.07) is 6.70. The third-order valence-electron chi connectivity index (χ3n) is 5.69. The van der Waals surface area contributed by atoms with E-state index in [0.29, 0.717) is 11.1 Å². The van der Waals surface area contributed by atoms with E-state index in [1.165, 1.54) is 36.5 Å². The summed E-state index contributed by atoms with van der Waals surface area (Å²) in [4.78, 5) is 24.1. The molecule has 0 atom stereocenters. The van der Waals surface area contributed by atoms with Crippen LogP contribution in [-0.2, 0) is 9.53 Å². The van der Waals surface area contributed by atoms with E-state index < -0.39 is 11.9 Å². The summed E-state index contributed by atoms with van der Waals surface area (Å²) in [5, 5.41) is 0. The summed E-state index contributed by atoms with van der Waals surface area (Å²) in [5.74, 6) is -1.36. The second kappa shape index (κ2) is 11.4. The van der Waals surface area contributed by atoms with Gasteiger partial charge in [0.1, 0.15) is 0 Å². The first-order valence-corrected chi connectivity index (χ1v) is 11.0. The molecule has 1 aromatic carbocycles. The molecule has 3 nitrogen and oxygen atoms in total. The minimum absolute atomic E-state index is 0.222. The Balaban J connectivity index is 1.95. The van der Waals surface area contributed by atoms with E-state index in [0.717, 1.165) is 11.1 Å². The molecule has 0 aliphatic heterocycles. The second-order valence-electron chi connectivity index (χ2n) is 8.96. The van der Waals surface area contributed by atoms with Gasteiger partial charge in [-0.05, 0) is 74.3 Å². The van der Waals surface area contributed by atoms with Crippen LogP contribution in [0.3, 0.4) is 0 Å². The Morgan fingerprint density at radius 2 is 1.75 bits per heavy atom. The van der Waals surface area contributed by atoms with Crippen molar-refractivity contribution in [3.8, 4) is 0 Å². The Morgan fingerprint density at radius 1 is 1.06 bits per heavy atom. The summed E-state index contributed by atoms with van der Waals surface area (Å²) in [5.41, 5.74) is 6.16. The van der Waals surface area contributed by atoms with Crippen LogP contribution in [0, 0.1) is 5.41 Å². The predicted octanol–water partition coefficient (Wildman–Crippen LogP) is 7.54. The second-order valence-corrected chi connectivity index (χ2v) is 8.96. The summed E-state index contributed by atoms with van der Waals surface area (Å²) < 4.78 is 4.90. The Morgan fingerprint density at radius 3 is 2.38 bits per heavy atom. The van der Waals surface area contributed by atoms with Gasteiger partial charge in [0.05, 0.1) is 5.56 Å². The van der Waals surface area contributed by atoms with Crippen molar-refractivity contribution in [1.82, 2.24) is 0 Å². The quantitative estimate of drug-likeness (QED) is 0.194. The van der Waals surface area contributed by atoms with Gasteiger partial charge in [-0.2, -0.15) is 0 Å². The van der Waals surface area contributed by atoms with Crippen LogP contribution in [0.4, 0.5) is 0 Å². The lowest BCUT2D eigenvalue weighted by Crippen LogP contribution is -2.19. The lowest BCUT2D eigenvalue weighted by Gasteiger charge is -2.32. The number of ether oxygens (including phenoxy) is 1. The largest absolute Gasteiger partial charge is 0.386 e. The highest BCUT2D eigenvalue weighted by molar-refractivity contribution is 6.00. The highest BCUT2D eigenvalue weighted by Crippen LogP contribution is 2.40. The molecule has 0 N–H and O–H groups in total. The lowest BCUT2D eigenvalue weighted by molar-refractivity contribution is -0.132. The van der Waals surface area contributed by atoms with Gasteiger partial charge < -0.3 is 4.74 Å². The van der Waals surface area contributed by atoms with Crippen molar-refractivity contribution in [3.05, 3.63) is 101 Å². The monoisotopic (exact) mass is 430 g/mol. The van der Waals surface area contributed by atoms with Gasteiger partial charge in [-0.15, -0.1) is 0 Å². The number of carbonyl (C=O) groups is 2. The molecule has 2 rings (SSSR count). The van der Waals surface area contributed by atoms with Gasteiger partial charge in [0.15, 0.2) is 0 Å². The maximum atomic E-state index is 12.1. The molecular formula is C29H34O3. The third kappa shape index (κ3) is 7.49. The predicted molar refractivity (Wildman–Crippen MR) is 133 cm³/mol. The van der Waals surface area contributed by atoms with Crippen LogP contribution in [0.1, 0.15) is 69.8 Å². The van der Waals surface area contributed by atoms with E-state index in [4.69, 9.17) is 4.74 Å². The fourth-order valence-electron chi connectivity index (χ4n) is 3.80. The normalized spacial score (nSPS) is 17.2. The fraction of sp³-hybridized carbons (Fsp3) is 0.310. The summed E-state index contributed by atoms with van der Waals surface area (Å²) in [6.07, 6.45) is 16.7. The van der Waals surface area contributed by atoms with Crippen LogP contribution in [0.5, 0.6) is 0 Å². The van der Waals surface area contributed by atoms with Crippen LogP contribution < -0.4 is 0 Å². The molecule has 0 unspecified atom stereocenters. The number of allylic oxidation sites excluding steroid dienone is 9. The molecule has 0 aromatic heterocycles. The van der Waals surface area contributed by atoms with E-state index in [2.05, 4.69) is 46.4 Å². The molecular weight excluding hydrogens is 396 g/mol. The molecule has 0 radical (unpaired) electrons. The average Bonchev–Trinajstić information content (AvgIpc) is 2.72. The molecule has 0 fully saturated rings. The molecule has 1 aliphatic carbocycles. The molecule has 0 amide bonds. The SMILES string of the molecule is C=Cc1ccc(C(=O)OC(=O)/C=C(C)/C=C/C=C(C)/C=C/C2=C(C)CCCC2(C)C)cc1. The van der Waals surface area contributed by atoms with Crippen LogP contribution in [0.2, 0.25) is 0 Å². The molecule has 0 saturated carbocycles. The van der Waals surface area contributed by atoms with E-state index in [1.54, 1.807) is 37.3 Å². The van der Waals surface area contributed by atoms with Crippen molar-refractivity contribution in [1.29, 1.82) is 0 Å². The summed E-state index contributed by atoms with van der Waals surface area (Å²) in [6.45, 7) is 14.4. The van der Waals surface area contributed by atoms with Crippen LogP contribution in [0.15, 0.2) is 89.6 Å². The first-order chi connectivity index (χ1) is 15.1. The van der Waals surface area contributed by atoms with Gasteiger partial charge in [-0.25, -0.2) is 9.59 Å². The van der Waals surface area contributed by atoms with E-state index in [9.17, 15) is 9.59 Å². The van der Waals surface area contributed by atoms with Gasteiger partial charge in [0.2, 0.25) is 0 Å². The molecule has 1 aromatic rings. The van der Waals surface area contributed by atoms with Gasteiger partial charge in [0, 0.05) is 6.08 Å². The topological polar surface area (TPSA) is 43.4 Å². The highest BCUT2D eigenvalue weighted by atomic mass is 16.6. The van der Waals surface area contributed by atoms with E-state index in [1.807, 2.05) is 18.2 Å². The summed E-state index contributed by atoms with van der Waals surface area (Å²) >= 11 is 0. The molecule has 168 valence electrons. The number of hydrogen-bond donors (Lipinski definition) is 0. The minimum Gasteiger partial charge on any atom is -0.386 e. The molecule has 0 bridgehead atoms. The van der Waals surface area contributed by atoms with Crippen LogP contribution in [0.25, 0.3) is 6.08 Å². The maximum absolute atomic E-state index is 12.1. The Labute approximate surface area is 192 Å². The zero-order chi connectivity index (χ0) is 23.7. The molecule has 3 heteroatoms. The molecule has 0 saturated heterocycles. The van der Waals surface area contributed by atoms with Crippen molar-refractivity contribution >= 4 is 18.0 Å². The van der Waals surface area contributed by atoms with Gasteiger partial charge >= 0.3 is 11.9 Å². The lowest BCUT2D eigenvalue weighted by atomic mass is 9.72. The molecule has 0 heterocycles. The van der Waals surface area contributed by atoms with Gasteiger partial charge in [0.25, 0.3) is 0 Å². The van der Waals surface area contributed by atoms with Gasteiger partial charge in [-0.1, -0.05) is 80.2 Å². The van der Waals surface area contributed by atoms with Crippen molar-refractivity contribution in [2.75, 3.05) is 0 Å². The van der Waals surface area contributed by atoms with Gasteiger partial charge in [-0.3, -0.25) is 0 Å². The standard InChI is InChI=1S/C29H34O3/c1-7-24-14-16-25(17-15-24)28(31)32-27(30)20-22(3)11-8-10-21(2)13-18-26-23(4)12-9-19-29(26,5)6/h7-8,10-11,13-18,20H,1,9,12,19H2,2-6H3/b11-8+,18-13+,21-10+,22-20+. The number of benzene rings is 1. The van der Waals surface area contributed by atoms with Crippen molar-refractivity contribution in [2.45, 2.75) is 53.9 Å². The maximum Gasteiger partial charge on any atom is 0.346 e. The third-order valence-corrected chi connectivity index (χ3v) is 5.69. The van der Waals surface area contributed by atoms with Crippen LogP contribution >= 0.6 is 0 Å². The number of esters is 2. The smallest absolute Gasteiger partial charge is 0.346 e. The van der Waals surface area contributed by atoms with Crippen molar-refractivity contribution in [3.63, 3.8) is 0 Å². The minimum atomic E-state index is -0.688. The first kappa shape index (κ1) is 25.1. The number of rotatable bonds is 7. The average molecular weight is 431 g/mol. The number of carbonyl (C=O) groups excluding carboxylic acids is 2. The van der Waals surface area contributed by atoms with Crippen LogP contribution in [-0.4, -0.2) is 11.9 Å². The summed E-state index contributed by atoms with van der Waals surface area (Å²) in [7, 11) is 0. The first-order valence-electron chi connectivity index (χ1n) is 11.0. The zero-order valence-corrected chi connectivity index (χ0v) is 19.9. The highest BCUT2D eigenvalue weighted by Gasteiger charge is 2.26. The van der Waals surface area contributed by atoms with E-state index >= 15 is 0 Å². The van der Waals surface area contributed by atoms with Crippen molar-refractivity contribution < 1.29 is 14.3 Å². The molecule has 32 heavy (non-hydrogen) atoms. The molecule has 1 aliphatic rings. The fourth-order valence-corrected chi connectivity index (χ4v) is 3.80. The van der Waals surface area contributed by atoms with Crippen molar-refractivity contribution in [2.24, 2.45) is 5.41 Å².